The fraction of sp³-hybridized carbons (Fsp3) is 0.111. The topological polar surface area (TPSA) is 66.8 Å². The second kappa shape index (κ2) is 3.26. The van der Waals surface area contributed by atoms with E-state index in [2.05, 4.69) is 4.98 Å². The molecule has 0 aromatic heterocycles. The minimum Gasteiger partial charge on any atom is -0.501 e. The lowest BCUT2D eigenvalue weighted by Crippen LogP contribution is -1.92. The lowest BCUT2D eigenvalue weighted by molar-refractivity contribution is 0.174. The second-order valence-corrected chi connectivity index (χ2v) is 2.70. The number of benzene rings is 1. The van der Waals surface area contributed by atoms with Crippen LogP contribution in [0.5, 0.6) is 11.5 Å². The molecule has 0 atom stereocenters. The van der Waals surface area contributed by atoms with Crippen molar-refractivity contribution in [2.45, 2.75) is 0 Å². The maximum Gasteiger partial charge on any atom is 0.392 e. The van der Waals surface area contributed by atoms with Gasteiger partial charge in [0, 0.05) is 5.56 Å². The smallest absolute Gasteiger partial charge is 0.392 e. The van der Waals surface area contributed by atoms with Gasteiger partial charge in [-0.05, 0) is 18.2 Å². The van der Waals surface area contributed by atoms with E-state index in [1.165, 1.54) is 0 Å². The summed E-state index contributed by atoms with van der Waals surface area (Å²) in [5.74, 6) is 1.08. The molecule has 0 aliphatic carbocycles. The van der Waals surface area contributed by atoms with Crippen LogP contribution >= 0.6 is 0 Å². The first-order chi connectivity index (χ1) is 6.81. The second-order valence-electron chi connectivity index (χ2n) is 2.70. The Balaban J connectivity index is 2.39. The first-order valence-corrected chi connectivity index (χ1v) is 3.94. The lowest BCUT2D eigenvalue weighted by Gasteiger charge is -1.98. The minimum absolute atomic E-state index is 0.134. The van der Waals surface area contributed by atoms with Crippen molar-refractivity contribution in [1.29, 1.82) is 5.39 Å². The quantitative estimate of drug-likeness (QED) is 0.545. The van der Waals surface area contributed by atoms with Crippen LogP contribution in [0, 0.1) is 5.39 Å². The summed E-state index contributed by atoms with van der Waals surface area (Å²) in [6, 6.07) is 4.93. The third-order valence-electron chi connectivity index (χ3n) is 1.85. The van der Waals surface area contributed by atoms with E-state index in [0.717, 1.165) is 6.20 Å². The average Bonchev–Trinajstić information content (AvgIpc) is 2.64. The van der Waals surface area contributed by atoms with Crippen molar-refractivity contribution in [2.75, 3.05) is 6.79 Å². The molecule has 1 aliphatic heterocycles. The molecule has 0 saturated carbocycles. The first kappa shape index (κ1) is 8.38. The Morgan fingerprint density at radius 1 is 1.43 bits per heavy atom. The summed E-state index contributed by atoms with van der Waals surface area (Å²) < 4.78 is 10.2. The molecule has 2 rings (SSSR count). The van der Waals surface area contributed by atoms with Gasteiger partial charge < -0.3 is 14.6 Å². The van der Waals surface area contributed by atoms with E-state index in [1.54, 1.807) is 18.2 Å². The normalized spacial score (nSPS) is 13.8. The van der Waals surface area contributed by atoms with Crippen LogP contribution in [0.25, 0.3) is 10.7 Å². The predicted octanol–water partition coefficient (Wildman–Crippen LogP) is 2.12. The Morgan fingerprint density at radius 2 is 2.21 bits per heavy atom. The number of aliphatic hydroxyl groups excluding tert-OH is 1. The number of hydrogen-bond acceptors (Lipinski definition) is 4. The van der Waals surface area contributed by atoms with Crippen molar-refractivity contribution in [3.8, 4) is 11.5 Å². The fourth-order valence-electron chi connectivity index (χ4n) is 1.19. The van der Waals surface area contributed by atoms with Gasteiger partial charge in [0.25, 0.3) is 0 Å². The first-order valence-electron chi connectivity index (χ1n) is 3.94. The molecule has 1 aromatic rings. The number of diazo groups is 1. The van der Waals surface area contributed by atoms with Crippen molar-refractivity contribution < 1.29 is 14.6 Å². The zero-order chi connectivity index (χ0) is 9.97. The highest BCUT2D eigenvalue weighted by molar-refractivity contribution is 5.63. The van der Waals surface area contributed by atoms with E-state index in [-0.39, 0.29) is 12.6 Å². The van der Waals surface area contributed by atoms with Gasteiger partial charge in [0.15, 0.2) is 16.5 Å². The molecule has 0 bridgehead atoms. The Bertz CT molecular complexity index is 434. The molecular formula is C9H7N2O3+. The van der Waals surface area contributed by atoms with Crippen LogP contribution < -0.4 is 9.47 Å². The molecule has 0 spiro atoms. The molecule has 0 amide bonds. The molecule has 0 fully saturated rings. The number of hydrogen-bond donors (Lipinski definition) is 1. The van der Waals surface area contributed by atoms with Gasteiger partial charge in [-0.2, -0.15) is 0 Å². The molecule has 0 unspecified atom stereocenters. The molecule has 14 heavy (non-hydrogen) atoms. The van der Waals surface area contributed by atoms with Gasteiger partial charge in [-0.15, -0.1) is 0 Å². The van der Waals surface area contributed by atoms with Crippen molar-refractivity contribution in [3.05, 3.63) is 34.9 Å². The summed E-state index contributed by atoms with van der Waals surface area (Å²) in [7, 11) is 0. The number of nitrogens with zero attached hydrogens (tertiary/aromatic N) is 2. The van der Waals surface area contributed by atoms with Gasteiger partial charge in [-0.3, -0.25) is 0 Å². The summed E-state index contributed by atoms with van der Waals surface area (Å²) in [6.45, 7) is 0.188. The van der Waals surface area contributed by atoms with Crippen molar-refractivity contribution >= 4 is 5.76 Å². The Kier molecular flexibility index (Phi) is 1.95. The van der Waals surface area contributed by atoms with Crippen molar-refractivity contribution in [1.82, 2.24) is 0 Å². The van der Waals surface area contributed by atoms with Crippen LogP contribution in [0.3, 0.4) is 0 Å². The van der Waals surface area contributed by atoms with E-state index in [4.69, 9.17) is 14.9 Å². The molecule has 70 valence electrons. The molecule has 5 heteroatoms. The highest BCUT2D eigenvalue weighted by Gasteiger charge is 2.15. The molecule has 1 N–H and O–H groups in total. The lowest BCUT2D eigenvalue weighted by atomic mass is 10.2. The minimum atomic E-state index is -0.134. The van der Waals surface area contributed by atoms with E-state index >= 15 is 0 Å². The monoisotopic (exact) mass is 191 g/mol. The highest BCUT2D eigenvalue weighted by Crippen LogP contribution is 2.33. The third-order valence-corrected chi connectivity index (χ3v) is 1.85. The van der Waals surface area contributed by atoms with Gasteiger partial charge in [0.1, 0.15) is 0 Å². The van der Waals surface area contributed by atoms with Gasteiger partial charge >= 0.3 is 6.20 Å². The van der Waals surface area contributed by atoms with Crippen molar-refractivity contribution in [2.24, 2.45) is 0 Å². The summed E-state index contributed by atoms with van der Waals surface area (Å²) in [4.78, 5) is 2.72. The van der Waals surface area contributed by atoms with Crippen LogP contribution in [0.1, 0.15) is 5.56 Å². The van der Waals surface area contributed by atoms with E-state index in [0.29, 0.717) is 17.1 Å². The van der Waals surface area contributed by atoms with Gasteiger partial charge in [0.05, 0.1) is 0 Å². The highest BCUT2D eigenvalue weighted by atomic mass is 16.7. The van der Waals surface area contributed by atoms with E-state index in [9.17, 15) is 5.11 Å². The summed E-state index contributed by atoms with van der Waals surface area (Å²) in [5.41, 5.74) is 0.507. The third kappa shape index (κ3) is 1.33. The van der Waals surface area contributed by atoms with Crippen molar-refractivity contribution in [3.63, 3.8) is 0 Å². The van der Waals surface area contributed by atoms with E-state index < -0.39 is 0 Å². The predicted molar refractivity (Wildman–Crippen MR) is 48.3 cm³/mol. The number of fused-ring (bicyclic) bond motifs is 1. The van der Waals surface area contributed by atoms with Crippen LogP contribution in [-0.4, -0.2) is 11.9 Å². The van der Waals surface area contributed by atoms with Crippen LogP contribution in [0.2, 0.25) is 0 Å². The van der Waals surface area contributed by atoms with Crippen LogP contribution in [-0.2, 0) is 0 Å². The molecule has 0 radical (unpaired) electrons. The maximum atomic E-state index is 9.36. The zero-order valence-corrected chi connectivity index (χ0v) is 7.17. The van der Waals surface area contributed by atoms with Gasteiger partial charge in [-0.25, -0.2) is 0 Å². The number of ether oxygens (including phenoxy) is 2. The summed E-state index contributed by atoms with van der Waals surface area (Å²) >= 11 is 0. The fourth-order valence-corrected chi connectivity index (χ4v) is 1.19. The number of rotatable bonds is 1. The standard InChI is InChI=1S/C9H6N2O3/c10-11-4-7(12)6-1-2-8-9(3-6)14-5-13-8/h1-4H,5H2/p+1/b7-4-. The average molecular weight is 191 g/mol. The molecule has 0 saturated heterocycles. The zero-order valence-electron chi connectivity index (χ0n) is 7.17. The van der Waals surface area contributed by atoms with Gasteiger partial charge in [-0.1, -0.05) is 0 Å². The van der Waals surface area contributed by atoms with Crippen LogP contribution in [0.15, 0.2) is 24.4 Å². The molecule has 1 aromatic carbocycles. The van der Waals surface area contributed by atoms with E-state index in [1.807, 2.05) is 0 Å². The maximum absolute atomic E-state index is 9.36. The summed E-state index contributed by atoms with van der Waals surface area (Å²) in [6.07, 6.45) is 0.942. The Labute approximate surface area is 79.8 Å². The molecule has 5 nitrogen and oxygen atoms in total. The Hall–Kier alpha value is -2.22. The summed E-state index contributed by atoms with van der Waals surface area (Å²) in [5, 5.41) is 17.6. The van der Waals surface area contributed by atoms with Crippen LogP contribution in [0.4, 0.5) is 0 Å². The number of aliphatic hydroxyl groups is 1. The Morgan fingerprint density at radius 3 is 3.00 bits per heavy atom. The largest absolute Gasteiger partial charge is 0.501 e. The molecular weight excluding hydrogens is 184 g/mol. The SMILES string of the molecule is N#[N+]/C=C(\O)c1ccc2c(c1)OCO2. The van der Waals surface area contributed by atoms with Gasteiger partial charge in [0.2, 0.25) is 17.9 Å². The molecule has 1 heterocycles. The molecule has 1 aliphatic rings.